The monoisotopic (exact) mass is 140 g/mol. The Bertz CT molecular complexity index is 201. The first kappa shape index (κ1) is 3.25. The Morgan fingerprint density at radius 2 is 1.89 bits per heavy atom. The summed E-state index contributed by atoms with van der Waals surface area (Å²) in [4.78, 5) is 0. The van der Waals surface area contributed by atoms with Gasteiger partial charge in [-0.2, -0.15) is 0 Å². The maximum Gasteiger partial charge on any atom is 0.250 e. The molecule has 0 spiro atoms. The summed E-state index contributed by atoms with van der Waals surface area (Å²) in [6.07, 6.45) is -2.15. The molecule has 0 aromatic heterocycles. The molecule has 1 fully saturated rings. The van der Waals surface area contributed by atoms with Gasteiger partial charge in [-0.3, -0.25) is 5.84 Å². The fraction of sp³-hybridized carbons (Fsp3) is 1.00. The smallest absolute Gasteiger partial charge is 0.250 e. The zero-order valence-corrected chi connectivity index (χ0v) is 4.69. The first-order chi connectivity index (χ1) is 5.57. The van der Waals surface area contributed by atoms with Gasteiger partial charge in [0.05, 0.1) is 0 Å². The summed E-state index contributed by atoms with van der Waals surface area (Å²) >= 11 is 0. The van der Waals surface area contributed by atoms with Crippen LogP contribution in [-0.4, -0.2) is 23.9 Å². The van der Waals surface area contributed by atoms with Crippen molar-refractivity contribution in [3.63, 3.8) is 0 Å². The van der Waals surface area contributed by atoms with Crippen LogP contribution < -0.4 is 5.84 Å². The molecule has 2 N–H and O–H groups in total. The summed E-state index contributed by atoms with van der Waals surface area (Å²) in [6.45, 7) is -5.02. The summed E-state index contributed by atoms with van der Waals surface area (Å²) in [5.41, 5.74) is 0. The van der Waals surface area contributed by atoms with E-state index in [4.69, 9.17) is 11.3 Å². The zero-order chi connectivity index (χ0) is 10.5. The van der Waals surface area contributed by atoms with E-state index in [1.807, 2.05) is 0 Å². The second-order valence-corrected chi connectivity index (χ2v) is 1.90. The molecule has 0 aromatic carbocycles. The molecular weight excluding hydrogens is 126 g/mol. The van der Waals surface area contributed by atoms with Crippen LogP contribution in [0.25, 0.3) is 0 Å². The predicted octanol–water partition coefficient (Wildman–Crippen LogP) is 0.591. The van der Waals surface area contributed by atoms with Crippen LogP contribution in [0.4, 0.5) is 8.78 Å². The first-order valence-electron chi connectivity index (χ1n) is 4.50. The third-order valence-corrected chi connectivity index (χ3v) is 1.02. The third-order valence-electron chi connectivity index (χ3n) is 1.02. The SMILES string of the molecule is [2H]C1([2H])CC(F)(F)CC([2H])([2H])N1N. The van der Waals surface area contributed by atoms with E-state index in [-0.39, 0.29) is 5.01 Å². The molecule has 0 aromatic rings. The van der Waals surface area contributed by atoms with E-state index in [0.717, 1.165) is 0 Å². The minimum atomic E-state index is -3.34. The molecule has 0 atom stereocenters. The van der Waals surface area contributed by atoms with Gasteiger partial charge in [0.2, 0.25) is 0 Å². The van der Waals surface area contributed by atoms with Crippen molar-refractivity contribution in [2.75, 3.05) is 13.0 Å². The standard InChI is InChI=1S/C5H10F2N2/c6-5(7)1-3-9(8)4-2-5/h1-4,8H2/i3D2,4D2. The summed E-state index contributed by atoms with van der Waals surface area (Å²) in [7, 11) is 0. The highest BCUT2D eigenvalue weighted by Gasteiger charge is 2.32. The van der Waals surface area contributed by atoms with Crippen LogP contribution in [0.5, 0.6) is 0 Å². The largest absolute Gasteiger partial charge is 0.269 e. The lowest BCUT2D eigenvalue weighted by Crippen LogP contribution is -2.43. The fourth-order valence-corrected chi connectivity index (χ4v) is 0.520. The fourth-order valence-electron chi connectivity index (χ4n) is 0.520. The Morgan fingerprint density at radius 3 is 2.33 bits per heavy atom. The van der Waals surface area contributed by atoms with Crippen molar-refractivity contribution in [1.29, 1.82) is 0 Å². The molecule has 1 saturated heterocycles. The number of rotatable bonds is 0. The minimum absolute atomic E-state index is 0.220. The van der Waals surface area contributed by atoms with E-state index in [1.165, 1.54) is 0 Å². The van der Waals surface area contributed by atoms with Crippen LogP contribution in [0.1, 0.15) is 18.3 Å². The van der Waals surface area contributed by atoms with Crippen molar-refractivity contribution in [2.45, 2.75) is 18.8 Å². The third kappa shape index (κ3) is 1.87. The molecule has 2 nitrogen and oxygen atoms in total. The molecule has 0 unspecified atom stereocenters. The van der Waals surface area contributed by atoms with Crippen molar-refractivity contribution < 1.29 is 14.3 Å². The molecule has 54 valence electrons. The van der Waals surface area contributed by atoms with Crippen LogP contribution in [0.2, 0.25) is 0 Å². The number of halogens is 2. The van der Waals surface area contributed by atoms with Crippen LogP contribution in [0, 0.1) is 0 Å². The van der Waals surface area contributed by atoms with E-state index in [0.29, 0.717) is 0 Å². The predicted molar refractivity (Wildman–Crippen MR) is 29.9 cm³/mol. The topological polar surface area (TPSA) is 29.3 Å². The van der Waals surface area contributed by atoms with Gasteiger partial charge >= 0.3 is 0 Å². The molecule has 0 radical (unpaired) electrons. The number of hydrazine groups is 1. The number of hydrogen-bond donors (Lipinski definition) is 1. The Kier molecular flexibility index (Phi) is 0.792. The molecule has 1 rings (SSSR count). The summed E-state index contributed by atoms with van der Waals surface area (Å²) < 4.78 is 54.0. The van der Waals surface area contributed by atoms with Gasteiger partial charge in [0.25, 0.3) is 5.92 Å². The van der Waals surface area contributed by atoms with Gasteiger partial charge in [0.1, 0.15) is 0 Å². The summed E-state index contributed by atoms with van der Waals surface area (Å²) in [5, 5.41) is 0.220. The van der Waals surface area contributed by atoms with Gasteiger partial charge in [-0.05, 0) is 0 Å². The number of alkyl halides is 2. The number of hydrogen-bond acceptors (Lipinski definition) is 2. The van der Waals surface area contributed by atoms with E-state index >= 15 is 0 Å². The quantitative estimate of drug-likeness (QED) is 0.499. The van der Waals surface area contributed by atoms with Gasteiger partial charge in [-0.25, -0.2) is 13.8 Å². The Morgan fingerprint density at radius 1 is 1.44 bits per heavy atom. The average Bonchev–Trinajstić information content (AvgIpc) is 1.77. The second kappa shape index (κ2) is 2.19. The molecule has 1 aliphatic rings. The molecular formula is C5H10F2N2. The zero-order valence-electron chi connectivity index (χ0n) is 8.69. The molecule has 0 bridgehead atoms. The number of nitrogens with two attached hydrogens (primary N) is 1. The lowest BCUT2D eigenvalue weighted by molar-refractivity contribution is -0.0554. The van der Waals surface area contributed by atoms with Crippen molar-refractivity contribution in [3.05, 3.63) is 0 Å². The van der Waals surface area contributed by atoms with Crippen molar-refractivity contribution in [1.82, 2.24) is 5.01 Å². The van der Waals surface area contributed by atoms with Crippen LogP contribution in [0.15, 0.2) is 0 Å². The number of piperidine rings is 1. The Labute approximate surface area is 58.2 Å². The average molecular weight is 140 g/mol. The van der Waals surface area contributed by atoms with Crippen LogP contribution in [-0.2, 0) is 0 Å². The normalized spacial score (nSPS) is 46.1. The van der Waals surface area contributed by atoms with E-state index in [2.05, 4.69) is 0 Å². The highest BCUT2D eigenvalue weighted by Crippen LogP contribution is 2.25. The van der Waals surface area contributed by atoms with E-state index in [9.17, 15) is 8.78 Å². The van der Waals surface area contributed by atoms with Crippen LogP contribution >= 0.6 is 0 Å². The summed E-state index contributed by atoms with van der Waals surface area (Å²) in [5.74, 6) is 1.72. The van der Waals surface area contributed by atoms with E-state index < -0.39 is 31.8 Å². The van der Waals surface area contributed by atoms with Crippen molar-refractivity contribution >= 4 is 0 Å². The number of nitrogens with zero attached hydrogens (tertiary/aromatic N) is 1. The molecule has 4 heteroatoms. The molecule has 9 heavy (non-hydrogen) atoms. The Balaban J connectivity index is 2.96. The molecule has 1 aliphatic heterocycles. The van der Waals surface area contributed by atoms with Gasteiger partial charge < -0.3 is 0 Å². The molecule has 0 amide bonds. The van der Waals surface area contributed by atoms with Crippen molar-refractivity contribution in [2.24, 2.45) is 5.84 Å². The lowest BCUT2D eigenvalue weighted by Gasteiger charge is -2.27. The van der Waals surface area contributed by atoms with Gasteiger partial charge in [0.15, 0.2) is 0 Å². The second-order valence-electron chi connectivity index (χ2n) is 1.90. The maximum absolute atomic E-state index is 12.8. The molecule has 0 aliphatic carbocycles. The lowest BCUT2D eigenvalue weighted by atomic mass is 10.1. The summed E-state index contributed by atoms with van der Waals surface area (Å²) in [6, 6.07) is 0. The molecule has 1 heterocycles. The molecule has 0 saturated carbocycles. The maximum atomic E-state index is 12.8. The Hall–Kier alpha value is -0.220. The van der Waals surface area contributed by atoms with Crippen LogP contribution in [0.3, 0.4) is 0 Å². The van der Waals surface area contributed by atoms with Gasteiger partial charge in [-0.1, -0.05) is 0 Å². The minimum Gasteiger partial charge on any atom is -0.269 e. The highest BCUT2D eigenvalue weighted by atomic mass is 19.3. The van der Waals surface area contributed by atoms with Gasteiger partial charge in [-0.15, -0.1) is 0 Å². The first-order valence-corrected chi connectivity index (χ1v) is 2.50. The highest BCUT2D eigenvalue weighted by molar-refractivity contribution is 4.74. The van der Waals surface area contributed by atoms with Crippen molar-refractivity contribution in [3.8, 4) is 0 Å². The van der Waals surface area contributed by atoms with Gasteiger partial charge in [0, 0.05) is 31.3 Å². The van der Waals surface area contributed by atoms with E-state index in [1.54, 1.807) is 0 Å².